The van der Waals surface area contributed by atoms with Crippen LogP contribution in [0.4, 0.5) is 5.69 Å². The van der Waals surface area contributed by atoms with Crippen LogP contribution in [0.3, 0.4) is 0 Å². The minimum atomic E-state index is -3.60. The molecule has 25 heavy (non-hydrogen) atoms. The standard InChI is InChI=1S/C18H22N2O4S/c1-3-14-7-4-5-8-15(14)13-25(22,23)19-12-18(21)20-16-9-6-10-17(11-16)24-2/h4-11,19H,3,12-13H2,1-2H3,(H,20,21). The summed E-state index contributed by atoms with van der Waals surface area (Å²) in [6.07, 6.45) is 0.752. The Kier molecular flexibility index (Phi) is 6.55. The summed E-state index contributed by atoms with van der Waals surface area (Å²) in [6.45, 7) is 1.65. The summed E-state index contributed by atoms with van der Waals surface area (Å²) in [6, 6.07) is 14.2. The van der Waals surface area contributed by atoms with E-state index < -0.39 is 15.9 Å². The van der Waals surface area contributed by atoms with Crippen LogP contribution in [0.2, 0.25) is 0 Å². The van der Waals surface area contributed by atoms with Crippen molar-refractivity contribution in [3.63, 3.8) is 0 Å². The Morgan fingerprint density at radius 3 is 2.48 bits per heavy atom. The number of nitrogens with one attached hydrogen (secondary N) is 2. The first-order valence-electron chi connectivity index (χ1n) is 7.91. The molecular formula is C18H22N2O4S. The molecule has 6 nitrogen and oxygen atoms in total. The predicted molar refractivity (Wildman–Crippen MR) is 98.1 cm³/mol. The maximum atomic E-state index is 12.2. The van der Waals surface area contributed by atoms with Gasteiger partial charge in [-0.2, -0.15) is 0 Å². The molecule has 0 aliphatic rings. The zero-order chi connectivity index (χ0) is 18.3. The molecule has 0 radical (unpaired) electrons. The molecule has 2 rings (SSSR count). The van der Waals surface area contributed by atoms with Crippen molar-refractivity contribution in [3.8, 4) is 5.75 Å². The number of benzene rings is 2. The van der Waals surface area contributed by atoms with E-state index in [1.165, 1.54) is 7.11 Å². The summed E-state index contributed by atoms with van der Waals surface area (Å²) < 4.78 is 31.8. The molecule has 7 heteroatoms. The number of carbonyl (C=O) groups is 1. The fraction of sp³-hybridized carbons (Fsp3) is 0.278. The van der Waals surface area contributed by atoms with Crippen molar-refractivity contribution in [3.05, 3.63) is 59.7 Å². The smallest absolute Gasteiger partial charge is 0.239 e. The Morgan fingerprint density at radius 1 is 1.08 bits per heavy atom. The number of sulfonamides is 1. The van der Waals surface area contributed by atoms with Crippen LogP contribution >= 0.6 is 0 Å². The van der Waals surface area contributed by atoms with Gasteiger partial charge in [0.05, 0.1) is 19.4 Å². The predicted octanol–water partition coefficient (Wildman–Crippen LogP) is 2.32. The maximum absolute atomic E-state index is 12.2. The molecule has 1 amide bonds. The second kappa shape index (κ2) is 8.64. The van der Waals surface area contributed by atoms with E-state index in [0.29, 0.717) is 11.4 Å². The van der Waals surface area contributed by atoms with Crippen molar-refractivity contribution in [2.75, 3.05) is 19.0 Å². The average Bonchev–Trinajstić information content (AvgIpc) is 2.60. The lowest BCUT2D eigenvalue weighted by molar-refractivity contribution is -0.115. The number of amides is 1. The molecule has 2 aromatic rings. The maximum Gasteiger partial charge on any atom is 0.239 e. The zero-order valence-corrected chi connectivity index (χ0v) is 15.1. The number of methoxy groups -OCH3 is 1. The summed E-state index contributed by atoms with van der Waals surface area (Å²) in [4.78, 5) is 12.0. The van der Waals surface area contributed by atoms with Gasteiger partial charge in [0, 0.05) is 11.8 Å². The lowest BCUT2D eigenvalue weighted by Crippen LogP contribution is -2.33. The average molecular weight is 362 g/mol. The lowest BCUT2D eigenvalue weighted by atomic mass is 10.1. The summed E-state index contributed by atoms with van der Waals surface area (Å²) >= 11 is 0. The van der Waals surface area contributed by atoms with Gasteiger partial charge >= 0.3 is 0 Å². The first-order chi connectivity index (χ1) is 11.9. The Balaban J connectivity index is 1.93. The minimum absolute atomic E-state index is 0.149. The van der Waals surface area contributed by atoms with E-state index in [-0.39, 0.29) is 12.3 Å². The molecule has 2 N–H and O–H groups in total. The van der Waals surface area contributed by atoms with Crippen LogP contribution in [-0.2, 0) is 27.0 Å². The monoisotopic (exact) mass is 362 g/mol. The summed E-state index contributed by atoms with van der Waals surface area (Å²) in [5, 5.41) is 2.63. The van der Waals surface area contributed by atoms with Gasteiger partial charge in [-0.25, -0.2) is 13.1 Å². The Labute approximate surface area is 148 Å². The first kappa shape index (κ1) is 19.0. The first-order valence-corrected chi connectivity index (χ1v) is 9.56. The SMILES string of the molecule is CCc1ccccc1CS(=O)(=O)NCC(=O)Nc1cccc(OC)c1. The highest BCUT2D eigenvalue weighted by Crippen LogP contribution is 2.16. The third kappa shape index (κ3) is 5.88. The topological polar surface area (TPSA) is 84.5 Å². The number of anilines is 1. The fourth-order valence-electron chi connectivity index (χ4n) is 2.38. The van der Waals surface area contributed by atoms with Gasteiger partial charge in [0.2, 0.25) is 15.9 Å². The molecule has 0 fully saturated rings. The molecule has 0 aliphatic carbocycles. The molecule has 0 heterocycles. The molecule has 0 saturated heterocycles. The number of carbonyl (C=O) groups excluding carboxylic acids is 1. The van der Waals surface area contributed by atoms with Crippen molar-refractivity contribution in [2.45, 2.75) is 19.1 Å². The van der Waals surface area contributed by atoms with Crippen molar-refractivity contribution in [2.24, 2.45) is 0 Å². The van der Waals surface area contributed by atoms with Crippen LogP contribution < -0.4 is 14.8 Å². The largest absolute Gasteiger partial charge is 0.497 e. The van der Waals surface area contributed by atoms with E-state index in [0.717, 1.165) is 17.5 Å². The minimum Gasteiger partial charge on any atom is -0.497 e. The highest BCUT2D eigenvalue weighted by Gasteiger charge is 2.15. The summed E-state index contributed by atoms with van der Waals surface area (Å²) in [5.41, 5.74) is 2.26. The van der Waals surface area contributed by atoms with Gasteiger partial charge in [-0.1, -0.05) is 37.3 Å². The molecular weight excluding hydrogens is 340 g/mol. The van der Waals surface area contributed by atoms with E-state index in [1.807, 2.05) is 19.1 Å². The molecule has 0 aromatic heterocycles. The molecule has 0 spiro atoms. The van der Waals surface area contributed by atoms with Gasteiger partial charge in [-0.15, -0.1) is 0 Å². The third-order valence-electron chi connectivity index (χ3n) is 3.65. The highest BCUT2D eigenvalue weighted by atomic mass is 32.2. The van der Waals surface area contributed by atoms with Crippen molar-refractivity contribution < 1.29 is 17.9 Å². The quantitative estimate of drug-likeness (QED) is 0.755. The fourth-order valence-corrected chi connectivity index (χ4v) is 3.52. The zero-order valence-electron chi connectivity index (χ0n) is 14.3. The van der Waals surface area contributed by atoms with Gasteiger partial charge in [0.15, 0.2) is 0 Å². The molecule has 0 saturated carbocycles. The van der Waals surface area contributed by atoms with Crippen LogP contribution in [0.25, 0.3) is 0 Å². The molecule has 134 valence electrons. The van der Waals surface area contributed by atoms with E-state index in [2.05, 4.69) is 10.0 Å². The molecule has 0 atom stereocenters. The van der Waals surface area contributed by atoms with Crippen molar-refractivity contribution in [1.29, 1.82) is 0 Å². The summed E-state index contributed by atoms with van der Waals surface area (Å²) in [7, 11) is -2.07. The number of hydrogen-bond donors (Lipinski definition) is 2. The van der Waals surface area contributed by atoms with Crippen molar-refractivity contribution in [1.82, 2.24) is 4.72 Å². The van der Waals surface area contributed by atoms with Crippen LogP contribution in [-0.4, -0.2) is 28.0 Å². The van der Waals surface area contributed by atoms with Crippen LogP contribution in [0, 0.1) is 0 Å². The molecule has 2 aromatic carbocycles. The Morgan fingerprint density at radius 2 is 1.80 bits per heavy atom. The van der Waals surface area contributed by atoms with Gasteiger partial charge in [0.1, 0.15) is 5.75 Å². The molecule has 0 aliphatic heterocycles. The second-order valence-corrected chi connectivity index (χ2v) is 7.29. The Hall–Kier alpha value is -2.38. The number of aryl methyl sites for hydroxylation is 1. The van der Waals surface area contributed by atoms with Crippen LogP contribution in [0.15, 0.2) is 48.5 Å². The van der Waals surface area contributed by atoms with Gasteiger partial charge in [-0.05, 0) is 29.7 Å². The van der Waals surface area contributed by atoms with Gasteiger partial charge < -0.3 is 10.1 Å². The number of ether oxygens (including phenoxy) is 1. The van der Waals surface area contributed by atoms with Crippen LogP contribution in [0.1, 0.15) is 18.1 Å². The number of rotatable bonds is 8. The van der Waals surface area contributed by atoms with E-state index in [9.17, 15) is 13.2 Å². The van der Waals surface area contributed by atoms with Gasteiger partial charge in [0.25, 0.3) is 0 Å². The molecule has 0 unspecified atom stereocenters. The van der Waals surface area contributed by atoms with Crippen LogP contribution in [0.5, 0.6) is 5.75 Å². The third-order valence-corrected chi connectivity index (χ3v) is 4.93. The van der Waals surface area contributed by atoms with Gasteiger partial charge in [-0.3, -0.25) is 4.79 Å². The van der Waals surface area contributed by atoms with E-state index in [1.54, 1.807) is 36.4 Å². The normalized spacial score (nSPS) is 11.1. The molecule has 0 bridgehead atoms. The number of hydrogen-bond acceptors (Lipinski definition) is 4. The Bertz CT molecular complexity index is 834. The lowest BCUT2D eigenvalue weighted by Gasteiger charge is -2.10. The van der Waals surface area contributed by atoms with E-state index >= 15 is 0 Å². The van der Waals surface area contributed by atoms with Crippen molar-refractivity contribution >= 4 is 21.6 Å². The summed E-state index contributed by atoms with van der Waals surface area (Å²) in [5.74, 6) is 0.0128. The van der Waals surface area contributed by atoms with E-state index in [4.69, 9.17) is 4.74 Å². The second-order valence-electron chi connectivity index (χ2n) is 5.48. The highest BCUT2D eigenvalue weighted by molar-refractivity contribution is 7.88.